The average molecular weight is 480 g/mol. The predicted octanol–water partition coefficient (Wildman–Crippen LogP) is 3.28. The first-order chi connectivity index (χ1) is 16.9. The summed E-state index contributed by atoms with van der Waals surface area (Å²) in [6.07, 6.45) is -1.58. The van der Waals surface area contributed by atoms with Gasteiger partial charge in [0.2, 0.25) is 0 Å². The molecular weight excluding hydrogens is 453 g/mol. The summed E-state index contributed by atoms with van der Waals surface area (Å²) in [6, 6.07) is 22.4. The Kier molecular flexibility index (Phi) is 9.18. The third kappa shape index (κ3) is 8.47. The van der Waals surface area contributed by atoms with Gasteiger partial charge < -0.3 is 14.8 Å². The van der Waals surface area contributed by atoms with Crippen LogP contribution < -0.4 is 20.9 Å². The molecule has 0 bridgehead atoms. The third-order valence-electron chi connectivity index (χ3n) is 4.91. The van der Waals surface area contributed by atoms with Crippen LogP contribution in [0.2, 0.25) is 0 Å². The first-order valence-electron chi connectivity index (χ1n) is 10.9. The molecule has 3 aromatic carbocycles. The summed E-state index contributed by atoms with van der Waals surface area (Å²) in [5, 5.41) is 2.54. The van der Waals surface area contributed by atoms with Gasteiger partial charge in [-0.25, -0.2) is 9.18 Å². The lowest BCUT2D eigenvalue weighted by atomic mass is 10.1. The van der Waals surface area contributed by atoms with Gasteiger partial charge in [0.1, 0.15) is 24.2 Å². The van der Waals surface area contributed by atoms with Crippen LogP contribution in [0.1, 0.15) is 18.1 Å². The van der Waals surface area contributed by atoms with E-state index in [1.54, 1.807) is 0 Å². The zero-order valence-electron chi connectivity index (χ0n) is 19.1. The molecule has 1 unspecified atom stereocenters. The van der Waals surface area contributed by atoms with E-state index in [9.17, 15) is 18.8 Å². The van der Waals surface area contributed by atoms with E-state index in [1.807, 2.05) is 60.7 Å². The Morgan fingerprint density at radius 1 is 0.800 bits per heavy atom. The fourth-order valence-corrected chi connectivity index (χ4v) is 3.05. The molecular formula is C26H26FN3O5. The fourth-order valence-electron chi connectivity index (χ4n) is 3.05. The number of amides is 3. The van der Waals surface area contributed by atoms with Crippen LogP contribution in [0, 0.1) is 5.82 Å². The van der Waals surface area contributed by atoms with Gasteiger partial charge in [-0.3, -0.25) is 20.4 Å². The second kappa shape index (κ2) is 12.7. The third-order valence-corrected chi connectivity index (χ3v) is 4.91. The molecule has 0 saturated heterocycles. The van der Waals surface area contributed by atoms with E-state index in [-0.39, 0.29) is 13.0 Å². The Morgan fingerprint density at radius 3 is 2.00 bits per heavy atom. The van der Waals surface area contributed by atoms with Gasteiger partial charge in [-0.2, -0.15) is 0 Å². The number of nitrogens with one attached hydrogen (secondary N) is 3. The lowest BCUT2D eigenvalue weighted by Crippen LogP contribution is -2.55. The van der Waals surface area contributed by atoms with E-state index in [0.29, 0.717) is 5.75 Å². The van der Waals surface area contributed by atoms with E-state index in [0.717, 1.165) is 11.1 Å². The molecule has 182 valence electrons. The van der Waals surface area contributed by atoms with Crippen LogP contribution in [0.3, 0.4) is 0 Å². The molecule has 3 amide bonds. The maximum Gasteiger partial charge on any atom is 0.408 e. The highest BCUT2D eigenvalue weighted by molar-refractivity contribution is 5.89. The van der Waals surface area contributed by atoms with E-state index >= 15 is 0 Å². The minimum Gasteiger partial charge on any atom is -0.481 e. The smallest absolute Gasteiger partial charge is 0.408 e. The number of hydrazine groups is 1. The van der Waals surface area contributed by atoms with Gasteiger partial charge in [-0.15, -0.1) is 0 Å². The van der Waals surface area contributed by atoms with Crippen molar-refractivity contribution in [2.45, 2.75) is 32.1 Å². The highest BCUT2D eigenvalue weighted by atomic mass is 19.1. The van der Waals surface area contributed by atoms with E-state index in [1.165, 1.54) is 31.2 Å². The molecule has 35 heavy (non-hydrogen) atoms. The summed E-state index contributed by atoms with van der Waals surface area (Å²) in [5.41, 5.74) is 6.19. The van der Waals surface area contributed by atoms with Crippen molar-refractivity contribution in [3.63, 3.8) is 0 Å². The quantitative estimate of drug-likeness (QED) is 0.409. The van der Waals surface area contributed by atoms with Gasteiger partial charge in [0.15, 0.2) is 6.10 Å². The summed E-state index contributed by atoms with van der Waals surface area (Å²) in [5.74, 6) is -1.41. The normalized spacial score (nSPS) is 12.1. The number of halogens is 1. The molecule has 3 rings (SSSR count). The maximum absolute atomic E-state index is 13.0. The summed E-state index contributed by atoms with van der Waals surface area (Å²) >= 11 is 0. The molecule has 0 radical (unpaired) electrons. The van der Waals surface area contributed by atoms with Gasteiger partial charge in [-0.05, 0) is 42.3 Å². The van der Waals surface area contributed by atoms with Gasteiger partial charge in [-0.1, -0.05) is 60.7 Å². The zero-order valence-corrected chi connectivity index (χ0v) is 19.1. The molecule has 9 heteroatoms. The Hall–Kier alpha value is -4.40. The van der Waals surface area contributed by atoms with Gasteiger partial charge >= 0.3 is 6.09 Å². The molecule has 0 fully saturated rings. The van der Waals surface area contributed by atoms with Crippen LogP contribution in [0.4, 0.5) is 9.18 Å². The summed E-state index contributed by atoms with van der Waals surface area (Å²) in [6.45, 7) is 1.52. The molecule has 0 heterocycles. The van der Waals surface area contributed by atoms with Crippen molar-refractivity contribution in [2.75, 3.05) is 0 Å². The van der Waals surface area contributed by atoms with Gasteiger partial charge in [0.05, 0.1) is 0 Å². The van der Waals surface area contributed by atoms with Crippen LogP contribution in [0.5, 0.6) is 5.75 Å². The maximum atomic E-state index is 13.0. The first kappa shape index (κ1) is 25.2. The van der Waals surface area contributed by atoms with E-state index < -0.39 is 35.9 Å². The standard InChI is InChI=1S/C26H26FN3O5/c1-18(35-22-14-12-21(27)13-15-22)24(31)29-30-25(32)23(16-19-8-4-2-5-9-19)28-26(33)34-17-20-10-6-3-7-11-20/h2-15,18,23H,16-17H2,1H3,(H,28,33)(H,29,31)(H,30,32)/t18?,23-/m0/s1. The first-order valence-corrected chi connectivity index (χ1v) is 10.9. The van der Waals surface area contributed by atoms with Gasteiger partial charge in [0, 0.05) is 6.42 Å². The van der Waals surface area contributed by atoms with Crippen molar-refractivity contribution >= 4 is 17.9 Å². The topological polar surface area (TPSA) is 106 Å². The molecule has 8 nitrogen and oxygen atoms in total. The Morgan fingerprint density at radius 2 is 1.37 bits per heavy atom. The minimum absolute atomic E-state index is 0.0430. The molecule has 0 aliphatic carbocycles. The highest BCUT2D eigenvalue weighted by Gasteiger charge is 2.24. The number of rotatable bonds is 9. The highest BCUT2D eigenvalue weighted by Crippen LogP contribution is 2.13. The zero-order chi connectivity index (χ0) is 25.0. The average Bonchev–Trinajstić information content (AvgIpc) is 2.88. The minimum atomic E-state index is -1.02. The predicted molar refractivity (Wildman–Crippen MR) is 126 cm³/mol. The molecule has 0 spiro atoms. The molecule has 3 N–H and O–H groups in total. The number of alkyl carbamates (subject to hydrolysis) is 1. The number of carbonyl (C=O) groups excluding carboxylic acids is 3. The Labute approximate surface area is 202 Å². The summed E-state index contributed by atoms with van der Waals surface area (Å²) < 4.78 is 23.7. The van der Waals surface area contributed by atoms with Crippen LogP contribution in [0.15, 0.2) is 84.9 Å². The van der Waals surface area contributed by atoms with Crippen molar-refractivity contribution in [1.29, 1.82) is 0 Å². The van der Waals surface area contributed by atoms with Crippen LogP contribution in [-0.4, -0.2) is 30.1 Å². The number of hydrogen-bond acceptors (Lipinski definition) is 5. The largest absolute Gasteiger partial charge is 0.481 e. The second-order valence-corrected chi connectivity index (χ2v) is 7.64. The van der Waals surface area contributed by atoms with Crippen molar-refractivity contribution in [3.05, 3.63) is 102 Å². The molecule has 0 aliphatic heterocycles. The van der Waals surface area contributed by atoms with Crippen LogP contribution in [-0.2, 0) is 27.4 Å². The van der Waals surface area contributed by atoms with Crippen molar-refractivity contribution < 1.29 is 28.2 Å². The molecule has 0 aromatic heterocycles. The SMILES string of the molecule is CC(Oc1ccc(F)cc1)C(=O)NNC(=O)[C@H](Cc1ccccc1)NC(=O)OCc1ccccc1. The molecule has 0 aliphatic rings. The van der Waals surface area contributed by atoms with Crippen molar-refractivity contribution in [1.82, 2.24) is 16.2 Å². The number of benzene rings is 3. The van der Waals surface area contributed by atoms with Crippen molar-refractivity contribution in [3.8, 4) is 5.75 Å². The number of hydrogen-bond donors (Lipinski definition) is 3. The monoisotopic (exact) mass is 479 g/mol. The van der Waals surface area contributed by atoms with Crippen molar-refractivity contribution in [2.24, 2.45) is 0 Å². The lowest BCUT2D eigenvalue weighted by Gasteiger charge is -2.20. The van der Waals surface area contributed by atoms with Crippen LogP contribution >= 0.6 is 0 Å². The lowest BCUT2D eigenvalue weighted by molar-refractivity contribution is -0.133. The van der Waals surface area contributed by atoms with Crippen LogP contribution in [0.25, 0.3) is 0 Å². The molecule has 2 atom stereocenters. The summed E-state index contributed by atoms with van der Waals surface area (Å²) in [7, 11) is 0. The Bertz CT molecular complexity index is 1110. The summed E-state index contributed by atoms with van der Waals surface area (Å²) in [4.78, 5) is 37.5. The second-order valence-electron chi connectivity index (χ2n) is 7.64. The van der Waals surface area contributed by atoms with E-state index in [2.05, 4.69) is 16.2 Å². The van der Waals surface area contributed by atoms with E-state index in [4.69, 9.17) is 9.47 Å². The molecule has 0 saturated carbocycles. The fraction of sp³-hybridized carbons (Fsp3) is 0.192. The molecule has 3 aromatic rings. The van der Waals surface area contributed by atoms with Gasteiger partial charge in [0.25, 0.3) is 11.8 Å². The number of carbonyl (C=O) groups is 3. The Balaban J connectivity index is 1.56. The number of ether oxygens (including phenoxy) is 2.